The Labute approximate surface area is 127 Å². The van der Waals surface area contributed by atoms with E-state index in [9.17, 15) is 4.79 Å². The maximum atomic E-state index is 12.2. The zero-order chi connectivity index (χ0) is 14.8. The summed E-state index contributed by atoms with van der Waals surface area (Å²) in [4.78, 5) is 12.2. The highest BCUT2D eigenvalue weighted by Crippen LogP contribution is 2.24. The van der Waals surface area contributed by atoms with Gasteiger partial charge in [-0.1, -0.05) is 17.7 Å². The van der Waals surface area contributed by atoms with Crippen molar-refractivity contribution in [1.82, 2.24) is 0 Å². The van der Waals surface area contributed by atoms with Crippen LogP contribution in [0.1, 0.15) is 21.5 Å². The quantitative estimate of drug-likeness (QED) is 0.892. The van der Waals surface area contributed by atoms with E-state index in [0.29, 0.717) is 21.8 Å². The molecule has 104 valence electrons. The van der Waals surface area contributed by atoms with Crippen LogP contribution in [0.2, 0.25) is 5.02 Å². The molecule has 0 atom stereocenters. The lowest BCUT2D eigenvalue weighted by Crippen LogP contribution is -2.12. The predicted octanol–water partition coefficient (Wildman–Crippen LogP) is 3.43. The topological polar surface area (TPSA) is 64.9 Å². The van der Waals surface area contributed by atoms with Crippen molar-refractivity contribution in [2.45, 2.75) is 6.42 Å². The number of hydrogen-bond donors (Lipinski definition) is 2. The number of hydrogen-bond acceptors (Lipinski definition) is 3. The van der Waals surface area contributed by atoms with Gasteiger partial charge in [-0.3, -0.25) is 4.79 Å². The predicted molar refractivity (Wildman–Crippen MR) is 82.8 cm³/mol. The minimum atomic E-state index is -0.210. The number of nitrogens with zero attached hydrogens (tertiary/aromatic N) is 1. The highest BCUT2D eigenvalue weighted by atomic mass is 35.5. The molecule has 0 saturated heterocycles. The van der Waals surface area contributed by atoms with Crippen molar-refractivity contribution in [2.24, 2.45) is 0 Å². The third kappa shape index (κ3) is 2.69. The molecule has 1 aliphatic heterocycles. The fourth-order valence-electron chi connectivity index (χ4n) is 2.32. The molecule has 0 bridgehead atoms. The molecule has 3 rings (SSSR count). The van der Waals surface area contributed by atoms with E-state index < -0.39 is 0 Å². The molecule has 0 radical (unpaired) electrons. The molecule has 0 aromatic heterocycles. The molecule has 2 N–H and O–H groups in total. The zero-order valence-electron chi connectivity index (χ0n) is 11.1. The number of carbonyl (C=O) groups excluding carboxylic acids is 1. The molecular formula is C16H12ClN3O. The summed E-state index contributed by atoms with van der Waals surface area (Å²) >= 11 is 5.87. The van der Waals surface area contributed by atoms with Crippen molar-refractivity contribution in [3.05, 3.63) is 58.1 Å². The van der Waals surface area contributed by atoms with Gasteiger partial charge in [0.15, 0.2) is 0 Å². The Kier molecular flexibility index (Phi) is 3.51. The van der Waals surface area contributed by atoms with Crippen molar-refractivity contribution < 1.29 is 4.79 Å². The molecule has 2 aromatic carbocycles. The molecule has 0 unspecified atom stereocenters. The standard InChI is InChI=1S/C16H12ClN3O/c17-14-4-3-13(7-12(14)9-18)20-16(21)11-2-1-10-5-6-19-15(10)8-11/h1-4,7-8,19H,5-6H2,(H,20,21). The molecule has 0 fully saturated rings. The van der Waals surface area contributed by atoms with Crippen molar-refractivity contribution in [3.8, 4) is 6.07 Å². The summed E-state index contributed by atoms with van der Waals surface area (Å²) in [5.74, 6) is -0.210. The van der Waals surface area contributed by atoms with Crippen molar-refractivity contribution in [1.29, 1.82) is 5.26 Å². The third-order valence-electron chi connectivity index (χ3n) is 3.43. The number of benzene rings is 2. The highest BCUT2D eigenvalue weighted by molar-refractivity contribution is 6.31. The molecule has 5 heteroatoms. The molecule has 2 aromatic rings. The van der Waals surface area contributed by atoms with E-state index in [1.807, 2.05) is 24.3 Å². The van der Waals surface area contributed by atoms with E-state index in [0.717, 1.165) is 18.7 Å². The van der Waals surface area contributed by atoms with Crippen molar-refractivity contribution in [2.75, 3.05) is 17.2 Å². The van der Waals surface area contributed by atoms with Crippen molar-refractivity contribution >= 4 is 28.9 Å². The number of nitrogens with one attached hydrogen (secondary N) is 2. The summed E-state index contributed by atoms with van der Waals surface area (Å²) in [6.45, 7) is 0.906. The molecule has 1 amide bonds. The smallest absolute Gasteiger partial charge is 0.255 e. The second kappa shape index (κ2) is 5.47. The van der Waals surface area contributed by atoms with Crippen LogP contribution in [-0.4, -0.2) is 12.5 Å². The van der Waals surface area contributed by atoms with Crippen molar-refractivity contribution in [3.63, 3.8) is 0 Å². The summed E-state index contributed by atoms with van der Waals surface area (Å²) in [5.41, 5.74) is 3.71. The Hall–Kier alpha value is -2.51. The van der Waals surface area contributed by atoms with Crippen LogP contribution in [0.3, 0.4) is 0 Å². The molecule has 0 aliphatic carbocycles. The van der Waals surface area contributed by atoms with Gasteiger partial charge in [-0.15, -0.1) is 0 Å². The van der Waals surface area contributed by atoms with Crippen LogP contribution in [0, 0.1) is 11.3 Å². The van der Waals surface area contributed by atoms with Crippen LogP contribution in [-0.2, 0) is 6.42 Å². The molecule has 21 heavy (non-hydrogen) atoms. The average Bonchev–Trinajstić information content (AvgIpc) is 2.96. The van der Waals surface area contributed by atoms with E-state index >= 15 is 0 Å². The van der Waals surface area contributed by atoms with E-state index in [1.165, 1.54) is 5.56 Å². The zero-order valence-corrected chi connectivity index (χ0v) is 11.9. The summed E-state index contributed by atoms with van der Waals surface area (Å²) in [7, 11) is 0. The number of halogens is 1. The van der Waals surface area contributed by atoms with Crippen LogP contribution >= 0.6 is 11.6 Å². The number of carbonyl (C=O) groups is 1. The number of fused-ring (bicyclic) bond motifs is 1. The minimum absolute atomic E-state index is 0.210. The van der Waals surface area contributed by atoms with Gasteiger partial charge in [-0.25, -0.2) is 0 Å². The number of rotatable bonds is 2. The van der Waals surface area contributed by atoms with Gasteiger partial charge in [-0.05, 0) is 42.3 Å². The number of amides is 1. The van der Waals surface area contributed by atoms with E-state index in [1.54, 1.807) is 18.2 Å². The largest absolute Gasteiger partial charge is 0.384 e. The second-order valence-corrected chi connectivity index (χ2v) is 5.22. The monoisotopic (exact) mass is 297 g/mol. The van der Waals surface area contributed by atoms with Crippen LogP contribution in [0.25, 0.3) is 0 Å². The highest BCUT2D eigenvalue weighted by Gasteiger charge is 2.14. The first-order valence-corrected chi connectivity index (χ1v) is 6.93. The Bertz CT molecular complexity index is 765. The molecule has 1 heterocycles. The van der Waals surface area contributed by atoms with Crippen LogP contribution < -0.4 is 10.6 Å². The average molecular weight is 298 g/mol. The van der Waals surface area contributed by atoms with Crippen LogP contribution in [0.4, 0.5) is 11.4 Å². The molecule has 0 spiro atoms. The lowest BCUT2D eigenvalue weighted by Gasteiger charge is -2.08. The van der Waals surface area contributed by atoms with Crippen LogP contribution in [0.5, 0.6) is 0 Å². The Morgan fingerprint density at radius 2 is 2.14 bits per heavy atom. The van der Waals surface area contributed by atoms with Crippen LogP contribution in [0.15, 0.2) is 36.4 Å². The molecule has 0 saturated carbocycles. The van der Waals surface area contributed by atoms with Gasteiger partial charge in [-0.2, -0.15) is 5.26 Å². The molecule has 1 aliphatic rings. The van der Waals surface area contributed by atoms with Gasteiger partial charge >= 0.3 is 0 Å². The van der Waals surface area contributed by atoms with Gasteiger partial charge in [0.1, 0.15) is 6.07 Å². The Morgan fingerprint density at radius 1 is 1.29 bits per heavy atom. The third-order valence-corrected chi connectivity index (χ3v) is 3.76. The lowest BCUT2D eigenvalue weighted by molar-refractivity contribution is 0.102. The summed E-state index contributed by atoms with van der Waals surface area (Å²) < 4.78 is 0. The fourth-order valence-corrected chi connectivity index (χ4v) is 2.48. The second-order valence-electron chi connectivity index (χ2n) is 4.81. The normalized spacial score (nSPS) is 12.2. The van der Waals surface area contributed by atoms with Gasteiger partial charge in [0.05, 0.1) is 10.6 Å². The van der Waals surface area contributed by atoms with Gasteiger partial charge < -0.3 is 10.6 Å². The SMILES string of the molecule is N#Cc1cc(NC(=O)c2ccc3c(c2)NCC3)ccc1Cl. The van der Waals surface area contributed by atoms with E-state index in [-0.39, 0.29) is 5.91 Å². The Morgan fingerprint density at radius 3 is 2.95 bits per heavy atom. The maximum Gasteiger partial charge on any atom is 0.255 e. The summed E-state index contributed by atoms with van der Waals surface area (Å²) in [5, 5.41) is 15.3. The van der Waals surface area contributed by atoms with E-state index in [2.05, 4.69) is 10.6 Å². The minimum Gasteiger partial charge on any atom is -0.384 e. The maximum absolute atomic E-state index is 12.2. The first-order chi connectivity index (χ1) is 10.2. The van der Waals surface area contributed by atoms with E-state index in [4.69, 9.17) is 16.9 Å². The van der Waals surface area contributed by atoms with Gasteiger partial charge in [0.25, 0.3) is 5.91 Å². The summed E-state index contributed by atoms with van der Waals surface area (Å²) in [6.07, 6.45) is 0.986. The first-order valence-electron chi connectivity index (χ1n) is 6.55. The Balaban J connectivity index is 1.82. The van der Waals surface area contributed by atoms with Gasteiger partial charge in [0.2, 0.25) is 0 Å². The number of anilines is 2. The van der Waals surface area contributed by atoms with Gasteiger partial charge in [0, 0.05) is 23.5 Å². The number of nitriles is 1. The molecule has 4 nitrogen and oxygen atoms in total. The lowest BCUT2D eigenvalue weighted by atomic mass is 10.1. The molecular weight excluding hydrogens is 286 g/mol. The first kappa shape index (κ1) is 13.5. The summed E-state index contributed by atoms with van der Waals surface area (Å²) in [6, 6.07) is 12.4. The fraction of sp³-hybridized carbons (Fsp3) is 0.125.